The van der Waals surface area contributed by atoms with Crippen LogP contribution in [0.4, 0.5) is 0 Å². The molecule has 5 nitrogen and oxygen atoms in total. The van der Waals surface area contributed by atoms with Crippen LogP contribution in [0.1, 0.15) is 38.9 Å². The minimum absolute atomic E-state index is 0.197. The van der Waals surface area contributed by atoms with Gasteiger partial charge in [0.15, 0.2) is 0 Å². The first-order valence-corrected chi connectivity index (χ1v) is 7.29. The minimum Gasteiger partial charge on any atom is -0.310 e. The molecule has 1 aromatic heterocycles. The third-order valence-corrected chi connectivity index (χ3v) is 4.28. The zero-order valence-corrected chi connectivity index (χ0v) is 11.7. The van der Waals surface area contributed by atoms with Crippen molar-refractivity contribution in [2.24, 2.45) is 11.8 Å². The van der Waals surface area contributed by atoms with Crippen molar-refractivity contribution in [1.82, 2.24) is 20.1 Å². The van der Waals surface area contributed by atoms with E-state index in [0.29, 0.717) is 30.2 Å². The highest BCUT2D eigenvalue weighted by molar-refractivity contribution is 5.83. The predicted octanol–water partition coefficient (Wildman–Crippen LogP) is 1.19. The van der Waals surface area contributed by atoms with Crippen LogP contribution in [0.3, 0.4) is 0 Å². The van der Waals surface area contributed by atoms with E-state index in [-0.39, 0.29) is 5.92 Å². The zero-order chi connectivity index (χ0) is 13.4. The molecule has 0 aromatic carbocycles. The number of rotatable bonds is 5. The van der Waals surface area contributed by atoms with E-state index in [1.165, 1.54) is 6.42 Å². The molecule has 1 aromatic rings. The molecule has 2 aliphatic heterocycles. The summed E-state index contributed by atoms with van der Waals surface area (Å²) in [5, 5.41) is 7.74. The molecule has 0 spiro atoms. The number of hydrogen-bond donors (Lipinski definition) is 1. The summed E-state index contributed by atoms with van der Waals surface area (Å²) < 4.78 is 1.88. The van der Waals surface area contributed by atoms with E-state index in [4.69, 9.17) is 0 Å². The number of hydrogen-bond acceptors (Lipinski definition) is 4. The molecular formula is C14H22N4O. The Bertz CT molecular complexity index is 468. The molecule has 1 N–H and O–H groups in total. The van der Waals surface area contributed by atoms with Crippen LogP contribution >= 0.6 is 0 Å². The van der Waals surface area contributed by atoms with Gasteiger partial charge in [0.1, 0.15) is 17.9 Å². The van der Waals surface area contributed by atoms with Crippen molar-refractivity contribution >= 4 is 5.78 Å². The molecule has 2 saturated heterocycles. The SMILES string of the molecule is CC(C)Cn1ncnc1CC(=O)C1CC2CCC1N2. The van der Waals surface area contributed by atoms with Gasteiger partial charge < -0.3 is 5.32 Å². The maximum atomic E-state index is 12.4. The van der Waals surface area contributed by atoms with E-state index in [2.05, 4.69) is 29.2 Å². The number of aromatic nitrogens is 3. The molecule has 0 amide bonds. The number of Topliss-reactive ketones (excluding diaryl/α,β-unsaturated/α-hetero) is 1. The summed E-state index contributed by atoms with van der Waals surface area (Å²) in [6.07, 6.45) is 5.39. The molecular weight excluding hydrogens is 240 g/mol. The van der Waals surface area contributed by atoms with Gasteiger partial charge in [-0.05, 0) is 25.2 Å². The van der Waals surface area contributed by atoms with Gasteiger partial charge in [-0.25, -0.2) is 9.67 Å². The summed E-state index contributed by atoms with van der Waals surface area (Å²) in [5.74, 6) is 1.86. The Morgan fingerprint density at radius 1 is 1.53 bits per heavy atom. The molecule has 3 atom stereocenters. The van der Waals surface area contributed by atoms with Gasteiger partial charge in [-0.3, -0.25) is 4.79 Å². The first-order chi connectivity index (χ1) is 9.13. The molecule has 19 heavy (non-hydrogen) atoms. The van der Waals surface area contributed by atoms with Gasteiger partial charge in [0.2, 0.25) is 0 Å². The van der Waals surface area contributed by atoms with Crippen LogP contribution in [-0.2, 0) is 17.8 Å². The summed E-state index contributed by atoms with van der Waals surface area (Å²) in [6, 6.07) is 0.992. The highest BCUT2D eigenvalue weighted by Crippen LogP contribution is 2.34. The monoisotopic (exact) mass is 262 g/mol. The van der Waals surface area contributed by atoms with Crippen LogP contribution < -0.4 is 5.32 Å². The minimum atomic E-state index is 0.197. The largest absolute Gasteiger partial charge is 0.310 e. The molecule has 5 heteroatoms. The van der Waals surface area contributed by atoms with Crippen molar-refractivity contribution < 1.29 is 4.79 Å². The lowest BCUT2D eigenvalue weighted by molar-refractivity contribution is -0.122. The Kier molecular flexibility index (Phi) is 3.39. The summed E-state index contributed by atoms with van der Waals surface area (Å²) in [7, 11) is 0. The zero-order valence-electron chi connectivity index (χ0n) is 11.7. The van der Waals surface area contributed by atoms with Crippen LogP contribution in [0.5, 0.6) is 0 Å². The molecule has 3 unspecified atom stereocenters. The Hall–Kier alpha value is -1.23. The topological polar surface area (TPSA) is 59.8 Å². The van der Waals surface area contributed by atoms with E-state index in [0.717, 1.165) is 25.2 Å². The fourth-order valence-electron chi connectivity index (χ4n) is 3.39. The fraction of sp³-hybridized carbons (Fsp3) is 0.786. The van der Waals surface area contributed by atoms with Gasteiger partial charge in [0, 0.05) is 24.5 Å². The van der Waals surface area contributed by atoms with Gasteiger partial charge in [0.25, 0.3) is 0 Å². The number of ketones is 1. The smallest absolute Gasteiger partial charge is 0.145 e. The Morgan fingerprint density at radius 2 is 2.37 bits per heavy atom. The first-order valence-electron chi connectivity index (χ1n) is 7.29. The molecule has 2 bridgehead atoms. The molecule has 104 valence electrons. The van der Waals surface area contributed by atoms with Crippen LogP contribution in [0.25, 0.3) is 0 Å². The van der Waals surface area contributed by atoms with E-state index in [1.807, 2.05) is 4.68 Å². The van der Waals surface area contributed by atoms with Crippen LogP contribution in [0, 0.1) is 11.8 Å². The standard InChI is InChI=1S/C14H22N4O/c1-9(2)7-18-14(15-8-16-18)6-13(19)11-5-10-3-4-12(11)17-10/h8-12,17H,3-7H2,1-2H3. The Labute approximate surface area is 113 Å². The predicted molar refractivity (Wildman–Crippen MR) is 71.6 cm³/mol. The van der Waals surface area contributed by atoms with E-state index < -0.39 is 0 Å². The van der Waals surface area contributed by atoms with Gasteiger partial charge in [-0.15, -0.1) is 0 Å². The van der Waals surface area contributed by atoms with E-state index in [9.17, 15) is 4.79 Å². The summed E-state index contributed by atoms with van der Waals surface area (Å²) in [4.78, 5) is 16.7. The van der Waals surface area contributed by atoms with Gasteiger partial charge in [-0.2, -0.15) is 5.10 Å². The lowest BCUT2D eigenvalue weighted by Gasteiger charge is -2.18. The number of fused-ring (bicyclic) bond motifs is 2. The number of nitrogens with zero attached hydrogens (tertiary/aromatic N) is 3. The third-order valence-electron chi connectivity index (χ3n) is 4.28. The quantitative estimate of drug-likeness (QED) is 0.866. The van der Waals surface area contributed by atoms with Crippen molar-refractivity contribution in [1.29, 1.82) is 0 Å². The molecule has 0 radical (unpaired) electrons. The Morgan fingerprint density at radius 3 is 3.00 bits per heavy atom. The van der Waals surface area contributed by atoms with Crippen molar-refractivity contribution in [3.05, 3.63) is 12.2 Å². The van der Waals surface area contributed by atoms with E-state index >= 15 is 0 Å². The van der Waals surface area contributed by atoms with Gasteiger partial charge in [0.05, 0.1) is 6.42 Å². The highest BCUT2D eigenvalue weighted by atomic mass is 16.1. The molecule has 0 saturated carbocycles. The van der Waals surface area contributed by atoms with E-state index in [1.54, 1.807) is 6.33 Å². The second kappa shape index (κ2) is 5.04. The molecule has 2 fully saturated rings. The first kappa shape index (κ1) is 12.8. The molecule has 3 heterocycles. The van der Waals surface area contributed by atoms with Gasteiger partial charge >= 0.3 is 0 Å². The number of nitrogens with one attached hydrogen (secondary N) is 1. The maximum Gasteiger partial charge on any atom is 0.145 e. The molecule has 3 rings (SSSR count). The molecule has 0 aliphatic carbocycles. The second-order valence-corrected chi connectivity index (χ2v) is 6.28. The van der Waals surface area contributed by atoms with Crippen molar-refractivity contribution in [2.45, 2.75) is 58.2 Å². The second-order valence-electron chi connectivity index (χ2n) is 6.28. The Balaban J connectivity index is 1.65. The van der Waals surface area contributed by atoms with Crippen LogP contribution in [0.15, 0.2) is 6.33 Å². The summed E-state index contributed by atoms with van der Waals surface area (Å²) >= 11 is 0. The maximum absolute atomic E-state index is 12.4. The number of carbonyl (C=O) groups excluding carboxylic acids is 1. The van der Waals surface area contributed by atoms with Gasteiger partial charge in [-0.1, -0.05) is 13.8 Å². The normalized spacial score (nSPS) is 29.3. The lowest BCUT2D eigenvalue weighted by Crippen LogP contribution is -2.30. The fourth-order valence-corrected chi connectivity index (χ4v) is 3.39. The average molecular weight is 262 g/mol. The summed E-state index contributed by atoms with van der Waals surface area (Å²) in [5.41, 5.74) is 0. The van der Waals surface area contributed by atoms with Crippen LogP contribution in [0.2, 0.25) is 0 Å². The van der Waals surface area contributed by atoms with Crippen molar-refractivity contribution in [2.75, 3.05) is 0 Å². The van der Waals surface area contributed by atoms with Crippen molar-refractivity contribution in [3.8, 4) is 0 Å². The van der Waals surface area contributed by atoms with Crippen molar-refractivity contribution in [3.63, 3.8) is 0 Å². The lowest BCUT2D eigenvalue weighted by atomic mass is 9.85. The average Bonchev–Trinajstić information content (AvgIpc) is 3.05. The molecule has 2 aliphatic rings. The summed E-state index contributed by atoms with van der Waals surface area (Å²) in [6.45, 7) is 5.12. The number of carbonyl (C=O) groups is 1. The van der Waals surface area contributed by atoms with Crippen LogP contribution in [-0.4, -0.2) is 32.6 Å². The highest BCUT2D eigenvalue weighted by Gasteiger charge is 2.42. The third kappa shape index (κ3) is 2.56.